The van der Waals surface area contributed by atoms with Gasteiger partial charge in [0.05, 0.1) is 38.2 Å². The Morgan fingerprint density at radius 2 is 2.14 bits per heavy atom. The fraction of sp³-hybridized carbons (Fsp3) is 0.476. The van der Waals surface area contributed by atoms with Crippen molar-refractivity contribution < 1.29 is 9.84 Å². The van der Waals surface area contributed by atoms with Gasteiger partial charge in [0.15, 0.2) is 17.0 Å². The number of hydrogen-bond donors (Lipinski definition) is 1. The predicted molar refractivity (Wildman–Crippen MR) is 114 cm³/mol. The Labute approximate surface area is 170 Å². The summed E-state index contributed by atoms with van der Waals surface area (Å²) in [7, 11) is 4.01. The van der Waals surface area contributed by atoms with Crippen LogP contribution in [0.25, 0.3) is 11.2 Å². The Morgan fingerprint density at radius 1 is 1.28 bits per heavy atom. The van der Waals surface area contributed by atoms with Gasteiger partial charge in [-0.25, -0.2) is 15.0 Å². The molecule has 1 fully saturated rings. The minimum Gasteiger partial charge on any atom is -0.394 e. The van der Waals surface area contributed by atoms with Crippen molar-refractivity contribution in [3.63, 3.8) is 0 Å². The van der Waals surface area contributed by atoms with Crippen LogP contribution in [0, 0.1) is 0 Å². The van der Waals surface area contributed by atoms with Crippen LogP contribution in [0.1, 0.15) is 24.9 Å². The summed E-state index contributed by atoms with van der Waals surface area (Å²) in [5.74, 6) is 0.836. The minimum atomic E-state index is -0.269. The molecule has 0 aliphatic carbocycles. The third-order valence-electron chi connectivity index (χ3n) is 5.59. The Morgan fingerprint density at radius 3 is 2.90 bits per heavy atom. The van der Waals surface area contributed by atoms with Crippen LogP contribution in [-0.4, -0.2) is 71.1 Å². The molecular weight excluding hydrogens is 368 g/mol. The zero-order valence-corrected chi connectivity index (χ0v) is 17.2. The van der Waals surface area contributed by atoms with E-state index in [1.54, 1.807) is 12.7 Å². The highest BCUT2D eigenvalue weighted by atomic mass is 16.5. The molecule has 29 heavy (non-hydrogen) atoms. The molecule has 0 bridgehead atoms. The first-order valence-electron chi connectivity index (χ1n) is 10.0. The van der Waals surface area contributed by atoms with E-state index in [2.05, 4.69) is 32.8 Å². The van der Waals surface area contributed by atoms with Crippen LogP contribution in [-0.2, 0) is 4.74 Å². The van der Waals surface area contributed by atoms with Crippen molar-refractivity contribution >= 4 is 22.7 Å². The molecule has 154 valence electrons. The fourth-order valence-electron chi connectivity index (χ4n) is 3.91. The highest BCUT2D eigenvalue weighted by Gasteiger charge is 2.27. The maximum atomic E-state index is 10.2. The Hall–Kier alpha value is -2.71. The molecule has 0 amide bonds. The molecule has 1 aromatic carbocycles. The highest BCUT2D eigenvalue weighted by molar-refractivity contribution is 5.83. The third-order valence-corrected chi connectivity index (χ3v) is 5.59. The smallest absolute Gasteiger partial charge is 0.166 e. The van der Waals surface area contributed by atoms with Crippen LogP contribution < -0.4 is 9.80 Å². The van der Waals surface area contributed by atoms with E-state index in [0.717, 1.165) is 41.2 Å². The standard InChI is InChI=1S/C21H28N6O2/c1-4-16-12-29-9-8-26(16)20-19-21(23-13-22-20)27(14-24-19)18(11-28)15-6-5-7-17(10-15)25(2)3/h5-7,10,13-14,16,18,28H,4,8-9,11-12H2,1-3H3/t16?,18-/m0/s1. The Balaban J connectivity index is 1.76. The molecule has 1 saturated heterocycles. The largest absolute Gasteiger partial charge is 0.394 e. The molecule has 4 rings (SSSR count). The summed E-state index contributed by atoms with van der Waals surface area (Å²) in [5.41, 5.74) is 3.58. The van der Waals surface area contributed by atoms with Crippen LogP contribution in [0.3, 0.4) is 0 Å². The monoisotopic (exact) mass is 396 g/mol. The van der Waals surface area contributed by atoms with Gasteiger partial charge >= 0.3 is 0 Å². The number of morpholine rings is 1. The summed E-state index contributed by atoms with van der Waals surface area (Å²) in [6, 6.07) is 8.17. The molecule has 1 aliphatic heterocycles. The van der Waals surface area contributed by atoms with E-state index in [0.29, 0.717) is 13.2 Å². The molecule has 2 atom stereocenters. The van der Waals surface area contributed by atoms with Crippen LogP contribution >= 0.6 is 0 Å². The number of nitrogens with zero attached hydrogens (tertiary/aromatic N) is 6. The van der Waals surface area contributed by atoms with Gasteiger partial charge in [-0.15, -0.1) is 0 Å². The lowest BCUT2D eigenvalue weighted by Gasteiger charge is -2.35. The summed E-state index contributed by atoms with van der Waals surface area (Å²) < 4.78 is 7.58. The van der Waals surface area contributed by atoms with Gasteiger partial charge in [-0.05, 0) is 24.1 Å². The number of ether oxygens (including phenoxy) is 1. The number of imidazole rings is 1. The highest BCUT2D eigenvalue weighted by Crippen LogP contribution is 2.30. The van der Waals surface area contributed by atoms with Gasteiger partial charge in [-0.3, -0.25) is 0 Å². The number of anilines is 2. The zero-order chi connectivity index (χ0) is 20.4. The quantitative estimate of drug-likeness (QED) is 0.683. The molecule has 1 unspecified atom stereocenters. The lowest BCUT2D eigenvalue weighted by atomic mass is 10.1. The summed E-state index contributed by atoms with van der Waals surface area (Å²) >= 11 is 0. The van der Waals surface area contributed by atoms with Crippen molar-refractivity contribution in [1.29, 1.82) is 0 Å². The average Bonchev–Trinajstić information content (AvgIpc) is 3.18. The topological polar surface area (TPSA) is 79.5 Å². The van der Waals surface area contributed by atoms with E-state index in [4.69, 9.17) is 4.74 Å². The molecule has 2 aromatic heterocycles. The average molecular weight is 396 g/mol. The molecule has 0 spiro atoms. The second-order valence-corrected chi connectivity index (χ2v) is 7.54. The number of benzene rings is 1. The van der Waals surface area contributed by atoms with Crippen molar-refractivity contribution in [2.45, 2.75) is 25.4 Å². The van der Waals surface area contributed by atoms with Gasteiger partial charge in [0.1, 0.15) is 6.33 Å². The maximum absolute atomic E-state index is 10.2. The normalized spacial score (nSPS) is 18.2. The summed E-state index contributed by atoms with van der Waals surface area (Å²) in [6.45, 7) is 4.27. The fourth-order valence-corrected chi connectivity index (χ4v) is 3.91. The first kappa shape index (κ1) is 19.6. The van der Waals surface area contributed by atoms with E-state index in [-0.39, 0.29) is 18.7 Å². The van der Waals surface area contributed by atoms with Crippen molar-refractivity contribution in [1.82, 2.24) is 19.5 Å². The van der Waals surface area contributed by atoms with Crippen molar-refractivity contribution in [3.05, 3.63) is 42.5 Å². The second kappa shape index (κ2) is 8.34. The summed E-state index contributed by atoms with van der Waals surface area (Å²) in [6.07, 6.45) is 4.32. The molecular formula is C21H28N6O2. The van der Waals surface area contributed by atoms with Gasteiger partial charge in [-0.1, -0.05) is 19.1 Å². The van der Waals surface area contributed by atoms with Crippen LogP contribution in [0.2, 0.25) is 0 Å². The molecule has 3 heterocycles. The van der Waals surface area contributed by atoms with Crippen molar-refractivity contribution in [3.8, 4) is 0 Å². The number of aromatic nitrogens is 4. The number of aliphatic hydroxyl groups is 1. The van der Waals surface area contributed by atoms with Gasteiger partial charge in [0.2, 0.25) is 0 Å². The molecule has 1 aliphatic rings. The number of fused-ring (bicyclic) bond motifs is 1. The molecule has 0 radical (unpaired) electrons. The molecule has 3 aromatic rings. The summed E-state index contributed by atoms with van der Waals surface area (Å²) in [5, 5.41) is 10.2. The van der Waals surface area contributed by atoms with E-state index < -0.39 is 0 Å². The Kier molecular flexibility index (Phi) is 5.64. The zero-order valence-electron chi connectivity index (χ0n) is 17.2. The molecule has 8 heteroatoms. The van der Waals surface area contributed by atoms with E-state index in [1.165, 1.54) is 0 Å². The van der Waals surface area contributed by atoms with Crippen LogP contribution in [0.15, 0.2) is 36.9 Å². The third kappa shape index (κ3) is 3.65. The molecule has 8 nitrogen and oxygen atoms in total. The number of hydrogen-bond acceptors (Lipinski definition) is 7. The van der Waals surface area contributed by atoms with Crippen molar-refractivity contribution in [2.24, 2.45) is 0 Å². The van der Waals surface area contributed by atoms with E-state index in [9.17, 15) is 5.11 Å². The first-order chi connectivity index (χ1) is 14.1. The van der Waals surface area contributed by atoms with Crippen LogP contribution in [0.4, 0.5) is 11.5 Å². The second-order valence-electron chi connectivity index (χ2n) is 7.54. The Bertz CT molecular complexity index is 973. The lowest BCUT2D eigenvalue weighted by molar-refractivity contribution is 0.0927. The molecule has 1 N–H and O–H groups in total. The number of rotatable bonds is 6. The minimum absolute atomic E-state index is 0.0448. The van der Waals surface area contributed by atoms with Gasteiger partial charge in [0, 0.05) is 26.3 Å². The SMILES string of the molecule is CCC1COCCN1c1ncnc2c1ncn2[C@@H](CO)c1cccc(N(C)C)c1. The van der Waals surface area contributed by atoms with E-state index >= 15 is 0 Å². The lowest BCUT2D eigenvalue weighted by Crippen LogP contribution is -2.45. The van der Waals surface area contributed by atoms with Gasteiger partial charge in [0.25, 0.3) is 0 Å². The van der Waals surface area contributed by atoms with E-state index in [1.807, 2.05) is 41.8 Å². The summed E-state index contributed by atoms with van der Waals surface area (Å²) in [4.78, 5) is 18.0. The maximum Gasteiger partial charge on any atom is 0.166 e. The van der Waals surface area contributed by atoms with Crippen LogP contribution in [0.5, 0.6) is 0 Å². The predicted octanol–water partition coefficient (Wildman–Crippen LogP) is 2.09. The first-order valence-corrected chi connectivity index (χ1v) is 10.0. The van der Waals surface area contributed by atoms with Crippen molar-refractivity contribution in [2.75, 3.05) is 50.3 Å². The van der Waals surface area contributed by atoms with Gasteiger partial charge < -0.3 is 24.2 Å². The van der Waals surface area contributed by atoms with Gasteiger partial charge in [-0.2, -0.15) is 0 Å². The molecule has 0 saturated carbocycles. The number of aliphatic hydroxyl groups excluding tert-OH is 1.